The molecular formula is C17H15N3O4S. The SMILES string of the molecule is COc1cccc(S(=O)(=O)NNC(=O)c2ccc3ncccc3c2)c1. The molecule has 1 aromatic heterocycles. The van der Waals surface area contributed by atoms with Gasteiger partial charge in [-0.05, 0) is 36.4 Å². The molecule has 1 heterocycles. The van der Waals surface area contributed by atoms with E-state index in [0.717, 1.165) is 10.9 Å². The molecule has 2 N–H and O–H groups in total. The Kier molecular flexibility index (Phi) is 4.64. The summed E-state index contributed by atoms with van der Waals surface area (Å²) in [5.74, 6) is -0.173. The molecule has 0 spiro atoms. The van der Waals surface area contributed by atoms with E-state index >= 15 is 0 Å². The molecule has 1 amide bonds. The minimum absolute atomic E-state index is 0.0186. The summed E-state index contributed by atoms with van der Waals surface area (Å²) in [5, 5.41) is 0.783. The molecule has 0 fully saturated rings. The number of rotatable bonds is 5. The van der Waals surface area contributed by atoms with E-state index in [1.54, 1.807) is 42.6 Å². The van der Waals surface area contributed by atoms with Crippen LogP contribution in [0.1, 0.15) is 10.4 Å². The first-order valence-corrected chi connectivity index (χ1v) is 8.79. The van der Waals surface area contributed by atoms with Crippen molar-refractivity contribution in [2.75, 3.05) is 7.11 Å². The quantitative estimate of drug-likeness (QED) is 0.680. The van der Waals surface area contributed by atoms with Gasteiger partial charge >= 0.3 is 0 Å². The van der Waals surface area contributed by atoms with E-state index in [1.165, 1.54) is 19.2 Å². The molecular weight excluding hydrogens is 342 g/mol. The van der Waals surface area contributed by atoms with E-state index in [4.69, 9.17) is 4.74 Å². The Labute approximate surface area is 144 Å². The topological polar surface area (TPSA) is 97.4 Å². The first kappa shape index (κ1) is 16.9. The molecule has 0 bridgehead atoms. The maximum Gasteiger partial charge on any atom is 0.266 e. The van der Waals surface area contributed by atoms with Gasteiger partial charge < -0.3 is 4.74 Å². The second kappa shape index (κ2) is 6.88. The van der Waals surface area contributed by atoms with Gasteiger partial charge in [0.15, 0.2) is 0 Å². The normalized spacial score (nSPS) is 11.2. The second-order valence-electron chi connectivity index (χ2n) is 5.15. The summed E-state index contributed by atoms with van der Waals surface area (Å²) in [6.07, 6.45) is 1.66. The summed E-state index contributed by atoms with van der Waals surface area (Å²) < 4.78 is 29.5. The second-order valence-corrected chi connectivity index (χ2v) is 6.83. The van der Waals surface area contributed by atoms with Crippen molar-refractivity contribution in [2.45, 2.75) is 4.90 Å². The number of ether oxygens (including phenoxy) is 1. The number of methoxy groups -OCH3 is 1. The summed E-state index contributed by atoms with van der Waals surface area (Å²) in [5.41, 5.74) is 3.26. The van der Waals surface area contributed by atoms with Crippen LogP contribution >= 0.6 is 0 Å². The molecule has 7 nitrogen and oxygen atoms in total. The van der Waals surface area contributed by atoms with Crippen LogP contribution in [0.15, 0.2) is 65.7 Å². The Morgan fingerprint density at radius 1 is 1.08 bits per heavy atom. The number of hydrogen-bond acceptors (Lipinski definition) is 5. The lowest BCUT2D eigenvalue weighted by Gasteiger charge is -2.10. The van der Waals surface area contributed by atoms with Gasteiger partial charge in [0.05, 0.1) is 17.5 Å². The smallest absolute Gasteiger partial charge is 0.266 e. The molecule has 0 aliphatic heterocycles. The van der Waals surface area contributed by atoms with Crippen LogP contribution in [0.3, 0.4) is 0 Å². The van der Waals surface area contributed by atoms with Gasteiger partial charge in [-0.3, -0.25) is 15.2 Å². The van der Waals surface area contributed by atoms with E-state index < -0.39 is 15.9 Å². The van der Waals surface area contributed by atoms with Crippen LogP contribution in [-0.4, -0.2) is 26.4 Å². The van der Waals surface area contributed by atoms with Crippen molar-refractivity contribution < 1.29 is 17.9 Å². The third kappa shape index (κ3) is 3.76. The number of carbonyl (C=O) groups is 1. The van der Waals surface area contributed by atoms with Gasteiger partial charge in [-0.15, -0.1) is 4.83 Å². The lowest BCUT2D eigenvalue weighted by atomic mass is 10.1. The van der Waals surface area contributed by atoms with Gasteiger partial charge in [-0.25, -0.2) is 8.42 Å². The zero-order valence-electron chi connectivity index (χ0n) is 13.3. The van der Waals surface area contributed by atoms with Crippen LogP contribution in [0.5, 0.6) is 5.75 Å². The lowest BCUT2D eigenvalue weighted by molar-refractivity contribution is 0.0945. The average molecular weight is 357 g/mol. The van der Waals surface area contributed by atoms with Crippen LogP contribution in [-0.2, 0) is 10.0 Å². The van der Waals surface area contributed by atoms with Crippen LogP contribution < -0.4 is 15.0 Å². The standard InChI is InChI=1S/C17H15N3O4S/c1-24-14-5-2-6-15(11-14)25(22,23)20-19-17(21)13-7-8-16-12(10-13)4-3-9-18-16/h2-11,20H,1H3,(H,19,21). The summed E-state index contributed by atoms with van der Waals surface area (Å²) in [4.78, 5) is 18.4. The summed E-state index contributed by atoms with van der Waals surface area (Å²) in [6, 6.07) is 14.4. The zero-order valence-corrected chi connectivity index (χ0v) is 14.1. The fraction of sp³-hybridized carbons (Fsp3) is 0.0588. The van der Waals surface area contributed by atoms with Gasteiger partial charge in [0.2, 0.25) is 0 Å². The van der Waals surface area contributed by atoms with Crippen molar-refractivity contribution in [3.63, 3.8) is 0 Å². The number of nitrogens with zero attached hydrogens (tertiary/aromatic N) is 1. The first-order chi connectivity index (χ1) is 12.0. The molecule has 0 aliphatic rings. The number of nitrogens with one attached hydrogen (secondary N) is 2. The van der Waals surface area contributed by atoms with E-state index in [9.17, 15) is 13.2 Å². The number of fused-ring (bicyclic) bond motifs is 1. The zero-order chi connectivity index (χ0) is 17.9. The van der Waals surface area contributed by atoms with Crippen molar-refractivity contribution >= 4 is 26.8 Å². The molecule has 2 aromatic carbocycles. The van der Waals surface area contributed by atoms with Gasteiger partial charge in [0.25, 0.3) is 15.9 Å². The molecule has 25 heavy (non-hydrogen) atoms. The molecule has 8 heteroatoms. The highest BCUT2D eigenvalue weighted by Crippen LogP contribution is 2.17. The monoisotopic (exact) mass is 357 g/mol. The number of aromatic nitrogens is 1. The van der Waals surface area contributed by atoms with E-state index in [2.05, 4.69) is 15.2 Å². The Morgan fingerprint density at radius 3 is 2.72 bits per heavy atom. The highest BCUT2D eigenvalue weighted by molar-refractivity contribution is 7.89. The first-order valence-electron chi connectivity index (χ1n) is 7.30. The number of sulfonamides is 1. The number of carbonyl (C=O) groups excluding carboxylic acids is 1. The Balaban J connectivity index is 1.75. The van der Waals surface area contributed by atoms with Crippen molar-refractivity contribution in [1.82, 2.24) is 15.2 Å². The number of amides is 1. The number of hydrazine groups is 1. The lowest BCUT2D eigenvalue weighted by Crippen LogP contribution is -2.41. The Bertz CT molecular complexity index is 1030. The third-order valence-electron chi connectivity index (χ3n) is 3.52. The largest absolute Gasteiger partial charge is 0.497 e. The predicted molar refractivity (Wildman–Crippen MR) is 92.5 cm³/mol. The minimum Gasteiger partial charge on any atom is -0.497 e. The van der Waals surface area contributed by atoms with Gasteiger partial charge in [-0.2, -0.15) is 0 Å². The summed E-state index contributed by atoms with van der Waals surface area (Å²) in [7, 11) is -2.47. The van der Waals surface area contributed by atoms with E-state index in [0.29, 0.717) is 11.3 Å². The number of pyridine rings is 1. The third-order valence-corrected chi connectivity index (χ3v) is 4.76. The van der Waals surface area contributed by atoms with Crippen LogP contribution in [0.25, 0.3) is 10.9 Å². The summed E-state index contributed by atoms with van der Waals surface area (Å²) in [6.45, 7) is 0. The maximum atomic E-state index is 12.3. The molecule has 3 rings (SSSR count). The van der Waals surface area contributed by atoms with Gasteiger partial charge in [0, 0.05) is 23.2 Å². The molecule has 0 saturated carbocycles. The molecule has 3 aromatic rings. The van der Waals surface area contributed by atoms with Gasteiger partial charge in [0.1, 0.15) is 5.75 Å². The van der Waals surface area contributed by atoms with Crippen LogP contribution in [0.2, 0.25) is 0 Å². The number of hydrogen-bond donors (Lipinski definition) is 2. The van der Waals surface area contributed by atoms with Crippen LogP contribution in [0, 0.1) is 0 Å². The molecule has 0 saturated heterocycles. The highest BCUT2D eigenvalue weighted by atomic mass is 32.2. The molecule has 0 radical (unpaired) electrons. The maximum absolute atomic E-state index is 12.3. The Hall–Kier alpha value is -2.97. The molecule has 0 atom stereocenters. The molecule has 0 unspecified atom stereocenters. The fourth-order valence-corrected chi connectivity index (χ4v) is 3.10. The number of benzene rings is 2. The van der Waals surface area contributed by atoms with Crippen molar-refractivity contribution in [3.05, 3.63) is 66.4 Å². The van der Waals surface area contributed by atoms with Crippen molar-refractivity contribution in [2.24, 2.45) is 0 Å². The molecule has 128 valence electrons. The minimum atomic E-state index is -3.91. The van der Waals surface area contributed by atoms with E-state index in [1.807, 2.05) is 6.07 Å². The predicted octanol–water partition coefficient (Wildman–Crippen LogP) is 1.87. The van der Waals surface area contributed by atoms with E-state index in [-0.39, 0.29) is 4.90 Å². The molecule has 0 aliphatic carbocycles. The fourth-order valence-electron chi connectivity index (χ4n) is 2.23. The Morgan fingerprint density at radius 2 is 1.92 bits per heavy atom. The van der Waals surface area contributed by atoms with Gasteiger partial charge in [-0.1, -0.05) is 12.1 Å². The highest BCUT2D eigenvalue weighted by Gasteiger charge is 2.16. The summed E-state index contributed by atoms with van der Waals surface area (Å²) >= 11 is 0. The van der Waals surface area contributed by atoms with Crippen molar-refractivity contribution in [3.8, 4) is 5.75 Å². The van der Waals surface area contributed by atoms with Crippen molar-refractivity contribution in [1.29, 1.82) is 0 Å². The average Bonchev–Trinajstić information content (AvgIpc) is 2.65. The van der Waals surface area contributed by atoms with Crippen LogP contribution in [0.4, 0.5) is 0 Å².